The van der Waals surface area contributed by atoms with Gasteiger partial charge in [-0.1, -0.05) is 60.7 Å². The summed E-state index contributed by atoms with van der Waals surface area (Å²) in [5.74, 6) is -1.01. The molecule has 5 rings (SSSR count). The second kappa shape index (κ2) is 9.19. The highest BCUT2D eigenvalue weighted by molar-refractivity contribution is 7.92. The Hall–Kier alpha value is -3.49. The summed E-state index contributed by atoms with van der Waals surface area (Å²) in [7, 11) is -6.73. The minimum Gasteiger partial charge on any atom is -0.469 e. The van der Waals surface area contributed by atoms with Crippen molar-refractivity contribution in [2.24, 2.45) is 5.92 Å². The maximum absolute atomic E-state index is 14.0. The molecule has 0 bridgehead atoms. The number of carbonyl (C=O) groups is 1. The molecule has 36 heavy (non-hydrogen) atoms. The van der Waals surface area contributed by atoms with Crippen molar-refractivity contribution in [3.8, 4) is 0 Å². The molecule has 1 unspecified atom stereocenters. The lowest BCUT2D eigenvalue weighted by atomic mass is 9.82. The van der Waals surface area contributed by atoms with E-state index in [-0.39, 0.29) is 32.4 Å². The highest BCUT2D eigenvalue weighted by atomic mass is 32.2. The summed E-state index contributed by atoms with van der Waals surface area (Å²) < 4.78 is 61.0. The molecule has 0 heterocycles. The number of hydrogen-bond acceptors (Lipinski definition) is 6. The Labute approximate surface area is 210 Å². The Morgan fingerprint density at radius 2 is 1.14 bits per heavy atom. The van der Waals surface area contributed by atoms with Crippen LogP contribution < -0.4 is 0 Å². The number of hydrogen-bond donors (Lipinski definition) is 0. The van der Waals surface area contributed by atoms with E-state index in [0.29, 0.717) is 28.3 Å². The summed E-state index contributed by atoms with van der Waals surface area (Å²) in [6.45, 7) is 0. The van der Waals surface area contributed by atoms with Crippen molar-refractivity contribution >= 4 is 36.4 Å². The fourth-order valence-electron chi connectivity index (χ4n) is 5.04. The first-order valence-electron chi connectivity index (χ1n) is 11.5. The van der Waals surface area contributed by atoms with E-state index in [1.165, 1.54) is 31.4 Å². The van der Waals surface area contributed by atoms with Crippen LogP contribution in [0.2, 0.25) is 0 Å². The van der Waals surface area contributed by atoms with E-state index in [1.54, 1.807) is 60.7 Å². The lowest BCUT2D eigenvalue weighted by Crippen LogP contribution is -2.27. The SMILES string of the molecule is COC(=O)C1CCc2c(c(S(=O)(=O)c3ccccc3)c3ccccc3c2S(=O)(=O)c2ccccc2)C1. The van der Waals surface area contributed by atoms with Gasteiger partial charge in [0.05, 0.1) is 32.6 Å². The average Bonchev–Trinajstić information content (AvgIpc) is 2.91. The van der Waals surface area contributed by atoms with Crippen LogP contribution in [0.15, 0.2) is 105 Å². The molecule has 0 spiro atoms. The standard InChI is InChI=1S/C28H24O6S2/c1-34-28(29)19-16-17-24-25(18-19)27(36(32,33)21-12-6-3-7-13-21)23-15-9-8-14-22(23)26(24)35(30,31)20-10-4-2-5-11-20/h2-15,19H,16-18H2,1H3. The number of methoxy groups -OCH3 is 1. The van der Waals surface area contributed by atoms with Crippen molar-refractivity contribution in [3.63, 3.8) is 0 Å². The van der Waals surface area contributed by atoms with Crippen molar-refractivity contribution in [2.75, 3.05) is 7.11 Å². The number of carbonyl (C=O) groups excluding carboxylic acids is 1. The summed E-state index contributed by atoms with van der Waals surface area (Å²) >= 11 is 0. The van der Waals surface area contributed by atoms with Crippen LogP contribution in [-0.2, 0) is 42.0 Å². The average molecular weight is 521 g/mol. The predicted molar refractivity (Wildman–Crippen MR) is 135 cm³/mol. The second-order valence-corrected chi connectivity index (χ2v) is 12.5. The number of esters is 1. The molecule has 0 aliphatic heterocycles. The van der Waals surface area contributed by atoms with Crippen LogP contribution in [-0.4, -0.2) is 29.9 Å². The van der Waals surface area contributed by atoms with Crippen LogP contribution >= 0.6 is 0 Å². The van der Waals surface area contributed by atoms with Crippen LogP contribution in [0.1, 0.15) is 17.5 Å². The van der Waals surface area contributed by atoms with E-state index < -0.39 is 31.6 Å². The second-order valence-electron chi connectivity index (χ2n) is 8.76. The molecular weight excluding hydrogens is 496 g/mol. The van der Waals surface area contributed by atoms with Crippen LogP contribution in [0.3, 0.4) is 0 Å². The van der Waals surface area contributed by atoms with Gasteiger partial charge in [-0.3, -0.25) is 4.79 Å². The molecule has 184 valence electrons. The van der Waals surface area contributed by atoms with E-state index in [9.17, 15) is 21.6 Å². The van der Waals surface area contributed by atoms with Gasteiger partial charge in [-0.25, -0.2) is 16.8 Å². The third-order valence-electron chi connectivity index (χ3n) is 6.70. The van der Waals surface area contributed by atoms with Gasteiger partial charge in [-0.2, -0.15) is 0 Å². The zero-order valence-electron chi connectivity index (χ0n) is 19.5. The molecule has 0 saturated heterocycles. The van der Waals surface area contributed by atoms with Crippen molar-refractivity contribution in [3.05, 3.63) is 96.1 Å². The molecular formula is C28H24O6S2. The van der Waals surface area contributed by atoms with Gasteiger partial charge < -0.3 is 4.74 Å². The summed E-state index contributed by atoms with van der Waals surface area (Å²) in [5.41, 5.74) is 0.820. The summed E-state index contributed by atoms with van der Waals surface area (Å²) in [5, 5.41) is 0.672. The van der Waals surface area contributed by atoms with E-state index in [2.05, 4.69) is 0 Å². The maximum Gasteiger partial charge on any atom is 0.309 e. The molecule has 0 fully saturated rings. The van der Waals surface area contributed by atoms with E-state index >= 15 is 0 Å². The van der Waals surface area contributed by atoms with Gasteiger partial charge in [-0.05, 0) is 54.7 Å². The van der Waals surface area contributed by atoms with Gasteiger partial charge in [0.25, 0.3) is 0 Å². The lowest BCUT2D eigenvalue weighted by Gasteiger charge is -2.29. The highest BCUT2D eigenvalue weighted by Gasteiger charge is 2.37. The van der Waals surface area contributed by atoms with Crippen LogP contribution in [0.4, 0.5) is 0 Å². The molecule has 0 N–H and O–H groups in total. The fourth-order valence-corrected chi connectivity index (χ4v) is 8.56. The van der Waals surface area contributed by atoms with Crippen molar-refractivity contribution < 1.29 is 26.4 Å². The first-order valence-corrected chi connectivity index (χ1v) is 14.5. The Bertz CT molecular complexity index is 1680. The third kappa shape index (κ3) is 3.90. The molecule has 4 aromatic carbocycles. The molecule has 0 amide bonds. The smallest absolute Gasteiger partial charge is 0.309 e. The molecule has 1 atom stereocenters. The van der Waals surface area contributed by atoms with Crippen molar-refractivity contribution in [1.29, 1.82) is 0 Å². The Kier molecular flexibility index (Phi) is 6.18. The Balaban J connectivity index is 1.91. The van der Waals surface area contributed by atoms with Crippen LogP contribution in [0, 0.1) is 5.92 Å². The topological polar surface area (TPSA) is 94.6 Å². The third-order valence-corrected chi connectivity index (χ3v) is 10.5. The monoisotopic (exact) mass is 520 g/mol. The van der Waals surface area contributed by atoms with E-state index in [1.807, 2.05) is 0 Å². The number of benzene rings is 4. The van der Waals surface area contributed by atoms with Gasteiger partial charge in [-0.15, -0.1) is 0 Å². The highest BCUT2D eigenvalue weighted by Crippen LogP contribution is 2.44. The molecule has 0 saturated carbocycles. The Morgan fingerprint density at radius 1 is 0.694 bits per heavy atom. The number of sulfone groups is 2. The van der Waals surface area contributed by atoms with Crippen LogP contribution in [0.5, 0.6) is 0 Å². The lowest BCUT2D eigenvalue weighted by molar-refractivity contribution is -0.145. The van der Waals surface area contributed by atoms with E-state index in [4.69, 9.17) is 4.74 Å². The van der Waals surface area contributed by atoms with Gasteiger partial charge in [0.1, 0.15) is 0 Å². The van der Waals surface area contributed by atoms with Gasteiger partial charge >= 0.3 is 5.97 Å². The number of rotatable bonds is 5. The number of ether oxygens (including phenoxy) is 1. The summed E-state index contributed by atoms with van der Waals surface area (Å²) in [6.07, 6.45) is 0.671. The molecule has 1 aliphatic carbocycles. The zero-order chi connectivity index (χ0) is 25.5. The number of fused-ring (bicyclic) bond motifs is 2. The van der Waals surface area contributed by atoms with Crippen molar-refractivity contribution in [1.82, 2.24) is 0 Å². The minimum absolute atomic E-state index is 0.0555. The van der Waals surface area contributed by atoms with Gasteiger partial charge in [0.15, 0.2) is 0 Å². The largest absolute Gasteiger partial charge is 0.469 e. The first kappa shape index (κ1) is 24.2. The van der Waals surface area contributed by atoms with Crippen LogP contribution in [0.25, 0.3) is 10.8 Å². The molecule has 0 aromatic heterocycles. The quantitative estimate of drug-likeness (QED) is 0.352. The predicted octanol–water partition coefficient (Wildman–Crippen LogP) is 4.78. The fraction of sp³-hybridized carbons (Fsp3) is 0.179. The van der Waals surface area contributed by atoms with E-state index in [0.717, 1.165) is 0 Å². The summed E-state index contributed by atoms with van der Waals surface area (Å²) in [4.78, 5) is 12.9. The van der Waals surface area contributed by atoms with Gasteiger partial charge in [0.2, 0.25) is 19.7 Å². The molecule has 0 radical (unpaired) electrons. The minimum atomic E-state index is -4.04. The molecule has 8 heteroatoms. The molecule has 1 aliphatic rings. The molecule has 4 aromatic rings. The van der Waals surface area contributed by atoms with Gasteiger partial charge in [0, 0.05) is 10.8 Å². The van der Waals surface area contributed by atoms with Crippen molar-refractivity contribution in [2.45, 2.75) is 38.8 Å². The Morgan fingerprint density at radius 3 is 1.61 bits per heavy atom. The zero-order valence-corrected chi connectivity index (χ0v) is 21.2. The maximum atomic E-state index is 14.0. The first-order chi connectivity index (χ1) is 17.3. The molecule has 6 nitrogen and oxygen atoms in total. The summed E-state index contributed by atoms with van der Waals surface area (Å²) in [6, 6.07) is 22.9. The normalized spacial score (nSPS) is 15.9.